The molecule has 23 heavy (non-hydrogen) atoms. The Bertz CT molecular complexity index is 488. The van der Waals surface area contributed by atoms with E-state index in [1.165, 1.54) is 5.56 Å². The van der Waals surface area contributed by atoms with Gasteiger partial charge in [-0.15, -0.1) is 0 Å². The average molecular weight is 337 g/mol. The second-order valence-corrected chi connectivity index (χ2v) is 8.16. The van der Waals surface area contributed by atoms with Crippen molar-refractivity contribution in [1.29, 1.82) is 0 Å². The van der Waals surface area contributed by atoms with Crippen LogP contribution in [-0.4, -0.2) is 45.7 Å². The van der Waals surface area contributed by atoms with Crippen molar-refractivity contribution in [3.8, 4) is 0 Å². The summed E-state index contributed by atoms with van der Waals surface area (Å²) in [4.78, 5) is 18.3. The number of carbonyl (C=O) groups excluding carboxylic acids is 1. The van der Waals surface area contributed by atoms with Crippen molar-refractivity contribution < 1.29 is 9.53 Å². The Morgan fingerprint density at radius 2 is 2.30 bits per heavy atom. The van der Waals surface area contributed by atoms with Gasteiger partial charge in [-0.05, 0) is 63.8 Å². The Labute approximate surface area is 144 Å². The first-order chi connectivity index (χ1) is 11.0. The summed E-state index contributed by atoms with van der Waals surface area (Å²) in [5, 5.41) is 0. The number of hydrogen-bond acceptors (Lipinski definition) is 4. The maximum absolute atomic E-state index is 12.2. The number of ether oxygens (including phenoxy) is 1. The topological polar surface area (TPSA) is 42.4 Å². The van der Waals surface area contributed by atoms with Gasteiger partial charge in [0.1, 0.15) is 5.60 Å². The third kappa shape index (κ3) is 6.42. The molecule has 1 aromatic heterocycles. The van der Waals surface area contributed by atoms with Gasteiger partial charge in [0, 0.05) is 30.7 Å². The smallest absolute Gasteiger partial charge is 0.410 e. The van der Waals surface area contributed by atoms with E-state index in [2.05, 4.69) is 11.1 Å². The largest absolute Gasteiger partial charge is 0.444 e. The number of amides is 1. The number of rotatable bonds is 6. The molecule has 0 bridgehead atoms. The Morgan fingerprint density at radius 1 is 1.48 bits per heavy atom. The molecule has 1 atom stereocenters. The Morgan fingerprint density at radius 3 is 3.00 bits per heavy atom. The molecule has 0 saturated carbocycles. The Hall–Kier alpha value is -1.23. The molecule has 2 heterocycles. The van der Waals surface area contributed by atoms with E-state index in [0.717, 1.165) is 43.7 Å². The van der Waals surface area contributed by atoms with Crippen LogP contribution in [0.5, 0.6) is 0 Å². The maximum atomic E-state index is 12.2. The SMILES string of the molecule is CC(C)(C)OC(=O)N1CCC[C@H]1CSCCCc1cccnc1. The quantitative estimate of drug-likeness (QED) is 0.732. The first kappa shape index (κ1) is 18.1. The molecule has 2 rings (SSSR count). The maximum Gasteiger partial charge on any atom is 0.410 e. The molecule has 1 aliphatic heterocycles. The predicted octanol–water partition coefficient (Wildman–Crippen LogP) is 4.15. The molecular formula is C18H28N2O2S. The lowest BCUT2D eigenvalue weighted by Crippen LogP contribution is -2.40. The molecular weight excluding hydrogens is 308 g/mol. The highest BCUT2D eigenvalue weighted by Gasteiger charge is 2.31. The van der Waals surface area contributed by atoms with Gasteiger partial charge >= 0.3 is 6.09 Å². The molecule has 5 heteroatoms. The number of aryl methyl sites for hydroxylation is 1. The van der Waals surface area contributed by atoms with Crippen LogP contribution in [0.4, 0.5) is 4.79 Å². The van der Waals surface area contributed by atoms with E-state index in [-0.39, 0.29) is 6.09 Å². The summed E-state index contributed by atoms with van der Waals surface area (Å²) in [5.41, 5.74) is 0.880. The predicted molar refractivity (Wildman–Crippen MR) is 95.8 cm³/mol. The second-order valence-electron chi connectivity index (χ2n) is 7.01. The molecule has 1 saturated heterocycles. The summed E-state index contributed by atoms with van der Waals surface area (Å²) in [6.45, 7) is 6.59. The standard InChI is InChI=1S/C18H28N2O2S/c1-18(2,3)22-17(21)20-11-5-9-16(20)14-23-12-6-8-15-7-4-10-19-13-15/h4,7,10,13,16H,5-6,8-9,11-12,14H2,1-3H3/t16-/m0/s1. The van der Waals surface area contributed by atoms with Crippen LogP contribution >= 0.6 is 11.8 Å². The zero-order valence-corrected chi connectivity index (χ0v) is 15.3. The van der Waals surface area contributed by atoms with Crippen molar-refractivity contribution in [2.75, 3.05) is 18.1 Å². The number of likely N-dealkylation sites (tertiary alicyclic amines) is 1. The highest BCUT2D eigenvalue weighted by molar-refractivity contribution is 7.99. The van der Waals surface area contributed by atoms with E-state index in [4.69, 9.17) is 4.74 Å². The number of pyridine rings is 1. The van der Waals surface area contributed by atoms with Crippen LogP contribution in [0.3, 0.4) is 0 Å². The lowest BCUT2D eigenvalue weighted by atomic mass is 10.2. The van der Waals surface area contributed by atoms with Crippen molar-refractivity contribution in [2.24, 2.45) is 0 Å². The van der Waals surface area contributed by atoms with Gasteiger partial charge < -0.3 is 9.64 Å². The van der Waals surface area contributed by atoms with Crippen LogP contribution < -0.4 is 0 Å². The van der Waals surface area contributed by atoms with Gasteiger partial charge in [0.15, 0.2) is 0 Å². The molecule has 0 aliphatic carbocycles. The van der Waals surface area contributed by atoms with Gasteiger partial charge in [-0.1, -0.05) is 6.07 Å². The lowest BCUT2D eigenvalue weighted by molar-refractivity contribution is 0.0242. The minimum absolute atomic E-state index is 0.157. The first-order valence-electron chi connectivity index (χ1n) is 8.42. The van der Waals surface area contributed by atoms with Crippen LogP contribution in [0, 0.1) is 0 Å². The number of aromatic nitrogens is 1. The minimum atomic E-state index is -0.416. The summed E-state index contributed by atoms with van der Waals surface area (Å²) >= 11 is 1.94. The molecule has 0 aromatic carbocycles. The summed E-state index contributed by atoms with van der Waals surface area (Å²) in [5.74, 6) is 2.12. The van der Waals surface area contributed by atoms with E-state index in [1.807, 2.05) is 55.9 Å². The van der Waals surface area contributed by atoms with Crippen LogP contribution in [0.15, 0.2) is 24.5 Å². The number of thioether (sulfide) groups is 1. The van der Waals surface area contributed by atoms with Crippen molar-refractivity contribution in [3.05, 3.63) is 30.1 Å². The van der Waals surface area contributed by atoms with Gasteiger partial charge in [-0.3, -0.25) is 4.98 Å². The van der Waals surface area contributed by atoms with E-state index >= 15 is 0 Å². The van der Waals surface area contributed by atoms with Crippen LogP contribution in [0.25, 0.3) is 0 Å². The van der Waals surface area contributed by atoms with Gasteiger partial charge in [0.25, 0.3) is 0 Å². The van der Waals surface area contributed by atoms with E-state index < -0.39 is 5.60 Å². The minimum Gasteiger partial charge on any atom is -0.444 e. The molecule has 1 amide bonds. The van der Waals surface area contributed by atoms with Crippen molar-refractivity contribution >= 4 is 17.9 Å². The summed E-state index contributed by atoms with van der Waals surface area (Å²) in [6.07, 6.45) is 7.98. The highest BCUT2D eigenvalue weighted by atomic mass is 32.2. The average Bonchev–Trinajstić information content (AvgIpc) is 2.95. The second kappa shape index (κ2) is 8.57. The lowest BCUT2D eigenvalue weighted by Gasteiger charge is -2.28. The number of carbonyl (C=O) groups is 1. The molecule has 0 spiro atoms. The fourth-order valence-corrected chi connectivity index (χ4v) is 3.85. The summed E-state index contributed by atoms with van der Waals surface area (Å²) < 4.78 is 5.51. The van der Waals surface area contributed by atoms with Crippen molar-refractivity contribution in [1.82, 2.24) is 9.88 Å². The Kier molecular flexibility index (Phi) is 6.75. The number of hydrogen-bond donors (Lipinski definition) is 0. The van der Waals surface area contributed by atoms with E-state index in [9.17, 15) is 4.79 Å². The van der Waals surface area contributed by atoms with Crippen molar-refractivity contribution in [2.45, 2.75) is 58.1 Å². The van der Waals surface area contributed by atoms with E-state index in [1.54, 1.807) is 0 Å². The molecule has 1 aliphatic rings. The molecule has 0 radical (unpaired) electrons. The summed E-state index contributed by atoms with van der Waals surface area (Å²) in [6, 6.07) is 4.44. The molecule has 1 aromatic rings. The van der Waals surface area contributed by atoms with Gasteiger partial charge in [-0.25, -0.2) is 4.79 Å². The third-order valence-corrected chi connectivity index (χ3v) is 4.99. The highest BCUT2D eigenvalue weighted by Crippen LogP contribution is 2.24. The monoisotopic (exact) mass is 336 g/mol. The fraction of sp³-hybridized carbons (Fsp3) is 0.667. The Balaban J connectivity index is 1.67. The van der Waals surface area contributed by atoms with Crippen LogP contribution in [0.2, 0.25) is 0 Å². The molecule has 0 N–H and O–H groups in total. The van der Waals surface area contributed by atoms with Crippen LogP contribution in [-0.2, 0) is 11.2 Å². The van der Waals surface area contributed by atoms with Gasteiger partial charge in [0.2, 0.25) is 0 Å². The van der Waals surface area contributed by atoms with Crippen LogP contribution in [0.1, 0.15) is 45.6 Å². The normalized spacial score (nSPS) is 18.2. The number of nitrogens with zero attached hydrogens (tertiary/aromatic N) is 2. The molecule has 128 valence electrons. The zero-order chi connectivity index (χ0) is 16.7. The zero-order valence-electron chi connectivity index (χ0n) is 14.5. The van der Waals surface area contributed by atoms with Crippen molar-refractivity contribution in [3.63, 3.8) is 0 Å². The fourth-order valence-electron chi connectivity index (χ4n) is 2.71. The first-order valence-corrected chi connectivity index (χ1v) is 9.57. The van der Waals surface area contributed by atoms with E-state index in [0.29, 0.717) is 6.04 Å². The molecule has 0 unspecified atom stereocenters. The summed E-state index contributed by atoms with van der Waals surface area (Å²) in [7, 11) is 0. The van der Waals surface area contributed by atoms with Gasteiger partial charge in [0.05, 0.1) is 0 Å². The molecule has 4 nitrogen and oxygen atoms in total. The van der Waals surface area contributed by atoms with Gasteiger partial charge in [-0.2, -0.15) is 11.8 Å². The molecule has 1 fully saturated rings. The third-order valence-electron chi connectivity index (χ3n) is 3.79.